The van der Waals surface area contributed by atoms with Gasteiger partial charge in [0.1, 0.15) is 0 Å². The van der Waals surface area contributed by atoms with Gasteiger partial charge in [-0.15, -0.1) is 0 Å². The molecule has 17 heavy (non-hydrogen) atoms. The maximum Gasteiger partial charge on any atom is 0.0195 e. The molecule has 100 valence electrons. The lowest BCUT2D eigenvalue weighted by atomic mass is 9.84. The van der Waals surface area contributed by atoms with E-state index in [9.17, 15) is 0 Å². The minimum atomic E-state index is 0.777. The van der Waals surface area contributed by atoms with Crippen molar-refractivity contribution in [3.8, 4) is 0 Å². The van der Waals surface area contributed by atoms with E-state index in [4.69, 9.17) is 0 Å². The standard InChI is InChI=1S/C15H30N2/c1-3-13-7-9-15(10-8-13)17(4-2)12-14-6-5-11-16-14/h13-16H,3-12H2,1-2H3. The summed E-state index contributed by atoms with van der Waals surface area (Å²) in [6, 6.07) is 1.66. The van der Waals surface area contributed by atoms with Crippen LogP contribution < -0.4 is 5.32 Å². The van der Waals surface area contributed by atoms with Crippen LogP contribution in [0.1, 0.15) is 58.8 Å². The smallest absolute Gasteiger partial charge is 0.0195 e. The molecule has 0 radical (unpaired) electrons. The van der Waals surface area contributed by atoms with Gasteiger partial charge in [0.25, 0.3) is 0 Å². The predicted molar refractivity (Wildman–Crippen MR) is 74.3 cm³/mol. The first-order valence-electron chi connectivity index (χ1n) is 7.80. The first kappa shape index (κ1) is 13.4. The largest absolute Gasteiger partial charge is 0.313 e. The van der Waals surface area contributed by atoms with Gasteiger partial charge >= 0.3 is 0 Å². The number of nitrogens with one attached hydrogen (secondary N) is 1. The van der Waals surface area contributed by atoms with Crippen LogP contribution in [0.15, 0.2) is 0 Å². The van der Waals surface area contributed by atoms with E-state index in [0.717, 1.165) is 18.0 Å². The van der Waals surface area contributed by atoms with Gasteiger partial charge in [-0.1, -0.05) is 20.3 Å². The van der Waals surface area contributed by atoms with Crippen LogP contribution in [-0.2, 0) is 0 Å². The Balaban J connectivity index is 1.77. The highest BCUT2D eigenvalue weighted by Gasteiger charge is 2.26. The molecule has 1 aliphatic carbocycles. The van der Waals surface area contributed by atoms with Crippen molar-refractivity contribution < 1.29 is 0 Å². The SMILES string of the molecule is CCC1CCC(N(CC)CC2CCCN2)CC1. The van der Waals surface area contributed by atoms with Crippen molar-refractivity contribution >= 4 is 0 Å². The van der Waals surface area contributed by atoms with E-state index in [0.29, 0.717) is 0 Å². The number of hydrogen-bond donors (Lipinski definition) is 1. The molecule has 2 fully saturated rings. The Morgan fingerprint density at radius 3 is 2.35 bits per heavy atom. The summed E-state index contributed by atoms with van der Waals surface area (Å²) in [5.74, 6) is 1.02. The maximum absolute atomic E-state index is 3.64. The quantitative estimate of drug-likeness (QED) is 0.792. The highest BCUT2D eigenvalue weighted by atomic mass is 15.2. The number of nitrogens with zero attached hydrogens (tertiary/aromatic N) is 1. The molecule has 1 atom stereocenters. The molecule has 2 aliphatic rings. The third kappa shape index (κ3) is 3.69. The van der Waals surface area contributed by atoms with Gasteiger partial charge in [-0.25, -0.2) is 0 Å². The molecule has 0 amide bonds. The van der Waals surface area contributed by atoms with E-state index in [-0.39, 0.29) is 0 Å². The van der Waals surface area contributed by atoms with Gasteiger partial charge in [0, 0.05) is 18.6 Å². The molecule has 2 heteroatoms. The lowest BCUT2D eigenvalue weighted by molar-refractivity contribution is 0.131. The topological polar surface area (TPSA) is 15.3 Å². The minimum Gasteiger partial charge on any atom is -0.313 e. The molecule has 0 bridgehead atoms. The van der Waals surface area contributed by atoms with Gasteiger partial charge in [-0.2, -0.15) is 0 Å². The number of hydrogen-bond acceptors (Lipinski definition) is 2. The van der Waals surface area contributed by atoms with E-state index in [2.05, 4.69) is 24.1 Å². The summed E-state index contributed by atoms with van der Waals surface area (Å²) in [5, 5.41) is 3.64. The van der Waals surface area contributed by atoms with Gasteiger partial charge in [-0.05, 0) is 57.5 Å². The van der Waals surface area contributed by atoms with Crippen LogP contribution in [0.2, 0.25) is 0 Å². The van der Waals surface area contributed by atoms with E-state index in [1.807, 2.05) is 0 Å². The highest BCUT2D eigenvalue weighted by Crippen LogP contribution is 2.29. The van der Waals surface area contributed by atoms with Gasteiger partial charge < -0.3 is 5.32 Å². The Bertz CT molecular complexity index is 203. The van der Waals surface area contributed by atoms with Crippen molar-refractivity contribution in [3.63, 3.8) is 0 Å². The summed E-state index contributed by atoms with van der Waals surface area (Å²) in [4.78, 5) is 2.74. The van der Waals surface area contributed by atoms with Crippen molar-refractivity contribution in [3.05, 3.63) is 0 Å². The van der Waals surface area contributed by atoms with Crippen LogP contribution in [0.5, 0.6) is 0 Å². The summed E-state index contributed by atoms with van der Waals surface area (Å²) >= 11 is 0. The summed E-state index contributed by atoms with van der Waals surface area (Å²) < 4.78 is 0. The van der Waals surface area contributed by atoms with Crippen molar-refractivity contribution in [2.75, 3.05) is 19.6 Å². The van der Waals surface area contributed by atoms with Crippen molar-refractivity contribution in [1.29, 1.82) is 0 Å². The molecule has 1 saturated carbocycles. The molecule has 1 heterocycles. The molecular formula is C15H30N2. The second kappa shape index (κ2) is 6.75. The van der Waals surface area contributed by atoms with Crippen molar-refractivity contribution in [2.24, 2.45) is 5.92 Å². The highest BCUT2D eigenvalue weighted by molar-refractivity contribution is 4.83. The number of likely N-dealkylation sites (N-methyl/N-ethyl adjacent to an activating group) is 1. The molecule has 0 spiro atoms. The first-order chi connectivity index (χ1) is 8.33. The first-order valence-corrected chi connectivity index (χ1v) is 7.80. The maximum atomic E-state index is 3.64. The average Bonchev–Trinajstić information content (AvgIpc) is 2.89. The Hall–Kier alpha value is -0.0800. The summed E-state index contributed by atoms with van der Waals surface area (Å²) in [6.45, 7) is 8.45. The second-order valence-electron chi connectivity index (χ2n) is 5.96. The zero-order valence-electron chi connectivity index (χ0n) is 11.8. The zero-order valence-corrected chi connectivity index (χ0v) is 11.8. The van der Waals surface area contributed by atoms with Crippen molar-refractivity contribution in [2.45, 2.75) is 70.9 Å². The van der Waals surface area contributed by atoms with Crippen molar-refractivity contribution in [1.82, 2.24) is 10.2 Å². The summed E-state index contributed by atoms with van der Waals surface area (Å²) in [6.07, 6.45) is 9.98. The fraction of sp³-hybridized carbons (Fsp3) is 1.00. The molecule has 1 saturated heterocycles. The zero-order chi connectivity index (χ0) is 12.1. The van der Waals surface area contributed by atoms with E-state index >= 15 is 0 Å². The van der Waals surface area contributed by atoms with Gasteiger partial charge in [0.05, 0.1) is 0 Å². The van der Waals surface area contributed by atoms with Gasteiger partial charge in [-0.3, -0.25) is 4.90 Å². The third-order valence-electron chi connectivity index (χ3n) is 4.93. The summed E-state index contributed by atoms with van der Waals surface area (Å²) in [7, 11) is 0. The molecule has 1 N–H and O–H groups in total. The second-order valence-corrected chi connectivity index (χ2v) is 5.96. The molecular weight excluding hydrogens is 208 g/mol. The van der Waals surface area contributed by atoms with Crippen LogP contribution in [0.4, 0.5) is 0 Å². The lowest BCUT2D eigenvalue weighted by Crippen LogP contribution is -2.44. The van der Waals surface area contributed by atoms with Crippen LogP contribution >= 0.6 is 0 Å². The molecule has 1 aliphatic heterocycles. The van der Waals surface area contributed by atoms with E-state index in [1.54, 1.807) is 0 Å². The van der Waals surface area contributed by atoms with E-state index in [1.165, 1.54) is 64.6 Å². The van der Waals surface area contributed by atoms with Crippen LogP contribution in [0.3, 0.4) is 0 Å². The minimum absolute atomic E-state index is 0.777. The molecule has 0 aromatic rings. The van der Waals surface area contributed by atoms with Crippen LogP contribution in [0, 0.1) is 5.92 Å². The number of rotatable bonds is 5. The van der Waals surface area contributed by atoms with Crippen LogP contribution in [-0.4, -0.2) is 36.6 Å². The van der Waals surface area contributed by atoms with E-state index < -0.39 is 0 Å². The monoisotopic (exact) mass is 238 g/mol. The Kier molecular flexibility index (Phi) is 5.30. The molecule has 2 rings (SSSR count). The fourth-order valence-electron chi connectivity index (χ4n) is 3.65. The molecule has 0 aromatic heterocycles. The van der Waals surface area contributed by atoms with Gasteiger partial charge in [0.2, 0.25) is 0 Å². The Labute approximate surface area is 107 Å². The average molecular weight is 238 g/mol. The summed E-state index contributed by atoms with van der Waals surface area (Å²) in [5.41, 5.74) is 0. The Morgan fingerprint density at radius 2 is 1.82 bits per heavy atom. The normalized spacial score (nSPS) is 34.4. The third-order valence-corrected chi connectivity index (χ3v) is 4.93. The fourth-order valence-corrected chi connectivity index (χ4v) is 3.65. The predicted octanol–water partition coefficient (Wildman–Crippen LogP) is 3.03. The lowest BCUT2D eigenvalue weighted by Gasteiger charge is -2.37. The molecule has 0 aromatic carbocycles. The molecule has 2 nitrogen and oxygen atoms in total. The Morgan fingerprint density at radius 1 is 1.06 bits per heavy atom. The molecule has 1 unspecified atom stereocenters. The van der Waals surface area contributed by atoms with Crippen LogP contribution in [0.25, 0.3) is 0 Å². The van der Waals surface area contributed by atoms with Gasteiger partial charge in [0.15, 0.2) is 0 Å².